The van der Waals surface area contributed by atoms with Gasteiger partial charge in [0.2, 0.25) is 0 Å². The molecule has 3 rings (SSSR count). The quantitative estimate of drug-likeness (QED) is 0.655. The number of rotatable bonds is 4. The zero-order valence-corrected chi connectivity index (χ0v) is 17.8. The Bertz CT molecular complexity index is 1180. The molecule has 152 valence electrons. The molecule has 29 heavy (non-hydrogen) atoms. The van der Waals surface area contributed by atoms with E-state index in [4.69, 9.17) is 23.2 Å². The average molecular weight is 476 g/mol. The SMILES string of the molecule is CS(=O)(=O)c1cccc(CN2C(=O)S/C(=C\c3c(F)cc(Cl)c(O)c3Cl)C2=O)c1. The predicted octanol–water partition coefficient (Wildman–Crippen LogP) is 4.48. The Balaban J connectivity index is 1.92. The van der Waals surface area contributed by atoms with Gasteiger partial charge in [-0.1, -0.05) is 35.3 Å². The van der Waals surface area contributed by atoms with Gasteiger partial charge in [-0.05, 0) is 41.6 Å². The van der Waals surface area contributed by atoms with Gasteiger partial charge in [0, 0.05) is 11.8 Å². The van der Waals surface area contributed by atoms with Crippen molar-refractivity contribution < 1.29 is 27.5 Å². The zero-order chi connectivity index (χ0) is 21.5. The van der Waals surface area contributed by atoms with E-state index < -0.39 is 32.6 Å². The molecule has 0 aliphatic carbocycles. The normalized spacial score (nSPS) is 16.1. The lowest BCUT2D eigenvalue weighted by Crippen LogP contribution is -2.27. The fourth-order valence-corrected chi connectivity index (χ4v) is 4.55. The fourth-order valence-electron chi connectivity index (χ4n) is 2.55. The summed E-state index contributed by atoms with van der Waals surface area (Å²) in [5.41, 5.74) is 0.156. The van der Waals surface area contributed by atoms with Crippen LogP contribution in [0.5, 0.6) is 5.75 Å². The first-order valence-corrected chi connectivity index (χ1v) is 11.4. The summed E-state index contributed by atoms with van der Waals surface area (Å²) in [5.74, 6) is -2.11. The molecule has 1 fully saturated rings. The topological polar surface area (TPSA) is 91.8 Å². The van der Waals surface area contributed by atoms with Crippen LogP contribution in [0.2, 0.25) is 10.0 Å². The van der Waals surface area contributed by atoms with Crippen LogP contribution in [0.3, 0.4) is 0 Å². The highest BCUT2D eigenvalue weighted by Crippen LogP contribution is 2.40. The number of phenolic OH excluding ortho intramolecular Hbond substituents is 1. The van der Waals surface area contributed by atoms with Gasteiger partial charge in [-0.15, -0.1) is 0 Å². The first-order chi connectivity index (χ1) is 13.5. The van der Waals surface area contributed by atoms with Gasteiger partial charge in [-0.2, -0.15) is 0 Å². The maximum Gasteiger partial charge on any atom is 0.293 e. The van der Waals surface area contributed by atoms with E-state index in [-0.39, 0.29) is 32.0 Å². The molecule has 0 bridgehead atoms. The van der Waals surface area contributed by atoms with Crippen molar-refractivity contribution in [2.24, 2.45) is 0 Å². The molecule has 6 nitrogen and oxygen atoms in total. The molecular weight excluding hydrogens is 464 g/mol. The Labute approximate surface area is 179 Å². The molecule has 0 atom stereocenters. The molecule has 1 N–H and O–H groups in total. The molecule has 0 unspecified atom stereocenters. The number of amides is 2. The smallest absolute Gasteiger partial charge is 0.293 e. The first kappa shape index (κ1) is 21.6. The Morgan fingerprint density at radius 1 is 1.24 bits per heavy atom. The minimum atomic E-state index is -3.45. The highest BCUT2D eigenvalue weighted by molar-refractivity contribution is 8.18. The van der Waals surface area contributed by atoms with Crippen molar-refractivity contribution in [2.45, 2.75) is 11.4 Å². The number of hydrogen-bond donors (Lipinski definition) is 1. The van der Waals surface area contributed by atoms with Gasteiger partial charge in [-0.25, -0.2) is 12.8 Å². The lowest BCUT2D eigenvalue weighted by atomic mass is 10.1. The molecular formula is C18H12Cl2FNO5S2. The van der Waals surface area contributed by atoms with Crippen molar-refractivity contribution in [3.63, 3.8) is 0 Å². The molecule has 0 saturated carbocycles. The number of sulfone groups is 1. The van der Waals surface area contributed by atoms with Gasteiger partial charge in [0.15, 0.2) is 15.6 Å². The van der Waals surface area contributed by atoms with Crippen molar-refractivity contribution in [1.82, 2.24) is 4.90 Å². The standard InChI is InChI=1S/C18H12Cl2FNO5S2/c1-29(26,27)10-4-2-3-9(5-10)8-22-17(24)14(28-18(22)25)6-11-13(21)7-12(19)16(23)15(11)20/h2-7,23H,8H2,1H3/b14-6-. The molecule has 2 aromatic rings. The minimum absolute atomic E-state index is 0.0583. The second-order valence-corrected chi connectivity index (χ2v) is 9.90. The van der Waals surface area contributed by atoms with E-state index in [1.807, 2.05) is 0 Å². The third kappa shape index (κ3) is 4.42. The molecule has 1 heterocycles. The number of benzene rings is 2. The van der Waals surface area contributed by atoms with E-state index in [0.717, 1.165) is 23.3 Å². The second-order valence-electron chi connectivity index (χ2n) is 6.10. The van der Waals surface area contributed by atoms with Crippen molar-refractivity contribution >= 4 is 62.0 Å². The van der Waals surface area contributed by atoms with Crippen LogP contribution in [0.15, 0.2) is 40.1 Å². The van der Waals surface area contributed by atoms with Crippen molar-refractivity contribution in [2.75, 3.05) is 6.26 Å². The van der Waals surface area contributed by atoms with E-state index in [9.17, 15) is 27.5 Å². The van der Waals surface area contributed by atoms with E-state index in [1.54, 1.807) is 6.07 Å². The summed E-state index contributed by atoms with van der Waals surface area (Å²) in [5, 5.41) is 8.48. The number of thioether (sulfide) groups is 1. The largest absolute Gasteiger partial charge is 0.505 e. The van der Waals surface area contributed by atoms with Gasteiger partial charge in [0.05, 0.1) is 26.4 Å². The molecule has 1 aliphatic heterocycles. The molecule has 1 saturated heterocycles. The molecule has 1 aliphatic rings. The van der Waals surface area contributed by atoms with Crippen LogP contribution in [0, 0.1) is 5.82 Å². The number of imide groups is 1. The van der Waals surface area contributed by atoms with Gasteiger partial charge < -0.3 is 5.11 Å². The summed E-state index contributed by atoms with van der Waals surface area (Å²) in [6.07, 6.45) is 2.11. The monoisotopic (exact) mass is 475 g/mol. The van der Waals surface area contributed by atoms with E-state index in [1.165, 1.54) is 18.2 Å². The maximum absolute atomic E-state index is 14.2. The Morgan fingerprint density at radius 3 is 2.59 bits per heavy atom. The van der Waals surface area contributed by atoms with Crippen LogP contribution in [0.25, 0.3) is 6.08 Å². The zero-order valence-electron chi connectivity index (χ0n) is 14.6. The molecule has 0 radical (unpaired) electrons. The summed E-state index contributed by atoms with van der Waals surface area (Å²) in [6, 6.07) is 6.71. The highest BCUT2D eigenvalue weighted by Gasteiger charge is 2.35. The van der Waals surface area contributed by atoms with Crippen LogP contribution in [-0.4, -0.2) is 35.8 Å². The van der Waals surface area contributed by atoms with Crippen molar-refractivity contribution in [3.8, 4) is 5.75 Å². The Kier molecular flexibility index (Phi) is 5.96. The minimum Gasteiger partial charge on any atom is -0.505 e. The molecule has 0 spiro atoms. The van der Waals surface area contributed by atoms with Gasteiger partial charge >= 0.3 is 0 Å². The summed E-state index contributed by atoms with van der Waals surface area (Å²) in [7, 11) is -3.45. The average Bonchev–Trinajstić information content (AvgIpc) is 2.90. The lowest BCUT2D eigenvalue weighted by Gasteiger charge is -2.13. The van der Waals surface area contributed by atoms with E-state index in [0.29, 0.717) is 17.3 Å². The van der Waals surface area contributed by atoms with Crippen molar-refractivity contribution in [1.29, 1.82) is 0 Å². The van der Waals surface area contributed by atoms with Crippen LogP contribution in [0.1, 0.15) is 11.1 Å². The summed E-state index contributed by atoms with van der Waals surface area (Å²) in [6.45, 7) is -0.159. The molecule has 0 aromatic heterocycles. The van der Waals surface area contributed by atoms with Crippen LogP contribution in [-0.2, 0) is 21.2 Å². The third-order valence-electron chi connectivity index (χ3n) is 4.00. The Morgan fingerprint density at radius 2 is 1.93 bits per heavy atom. The Hall–Kier alpha value is -2.07. The fraction of sp³-hybridized carbons (Fsp3) is 0.111. The number of phenols is 1. The first-order valence-electron chi connectivity index (χ1n) is 7.90. The number of halogens is 3. The van der Waals surface area contributed by atoms with Crippen LogP contribution >= 0.6 is 35.0 Å². The molecule has 11 heteroatoms. The molecule has 2 amide bonds. The van der Waals surface area contributed by atoms with Gasteiger partial charge in [-0.3, -0.25) is 14.5 Å². The van der Waals surface area contributed by atoms with Gasteiger partial charge in [0.25, 0.3) is 11.1 Å². The summed E-state index contributed by atoms with van der Waals surface area (Å²) in [4.78, 5) is 25.8. The van der Waals surface area contributed by atoms with Crippen LogP contribution < -0.4 is 0 Å². The van der Waals surface area contributed by atoms with Crippen LogP contribution in [0.4, 0.5) is 9.18 Å². The van der Waals surface area contributed by atoms with Gasteiger partial charge in [0.1, 0.15) is 5.82 Å². The van der Waals surface area contributed by atoms with E-state index >= 15 is 0 Å². The predicted molar refractivity (Wildman–Crippen MR) is 109 cm³/mol. The number of hydrogen-bond acceptors (Lipinski definition) is 6. The maximum atomic E-state index is 14.2. The lowest BCUT2D eigenvalue weighted by molar-refractivity contribution is -0.123. The summed E-state index contributed by atoms with van der Waals surface area (Å²) < 4.78 is 37.5. The third-order valence-corrected chi connectivity index (χ3v) is 6.69. The van der Waals surface area contributed by atoms with Crippen molar-refractivity contribution in [3.05, 3.63) is 62.2 Å². The highest BCUT2D eigenvalue weighted by atomic mass is 35.5. The number of nitrogens with zero attached hydrogens (tertiary/aromatic N) is 1. The molecule has 2 aromatic carbocycles. The number of carbonyl (C=O) groups is 2. The summed E-state index contributed by atoms with van der Waals surface area (Å²) >= 11 is 12.1. The second kappa shape index (κ2) is 7.98. The van der Waals surface area contributed by atoms with E-state index in [2.05, 4.69) is 0 Å². The number of aromatic hydroxyl groups is 1. The number of carbonyl (C=O) groups excluding carboxylic acids is 2.